The molecule has 0 unspecified atom stereocenters. The molecule has 0 bridgehead atoms. The maximum absolute atomic E-state index is 14.1. The number of primary amides is 1. The standard InChI is InChI=1S/C22H24FN3O5/c1-4-13-17(26-21(29)19(13)23)10-31-22-15-8-18(30-3)16(20(24)28)7-14(15)12(9-25-22)6-5-11(2)27/h7-9,11,13,17,19,27H,4,10H2,1-3H3,(H2,24,28)(H,26,29)/t11-,13-,17+,19-/m0/s1. The first-order chi connectivity index (χ1) is 14.8. The van der Waals surface area contributed by atoms with Crippen molar-refractivity contribution in [2.24, 2.45) is 11.7 Å². The van der Waals surface area contributed by atoms with Crippen molar-refractivity contribution in [3.8, 4) is 23.5 Å². The first-order valence-electron chi connectivity index (χ1n) is 9.84. The number of methoxy groups -OCH3 is 1. The monoisotopic (exact) mass is 429 g/mol. The molecule has 9 heteroatoms. The molecule has 2 aromatic rings. The van der Waals surface area contributed by atoms with E-state index >= 15 is 0 Å². The lowest BCUT2D eigenvalue weighted by molar-refractivity contribution is -0.123. The van der Waals surface area contributed by atoms with Crippen LogP contribution in [0.4, 0.5) is 4.39 Å². The highest BCUT2D eigenvalue weighted by molar-refractivity contribution is 6.03. The van der Waals surface area contributed by atoms with Crippen LogP contribution in [-0.4, -0.2) is 53.9 Å². The van der Waals surface area contributed by atoms with Gasteiger partial charge in [0.2, 0.25) is 5.88 Å². The van der Waals surface area contributed by atoms with Gasteiger partial charge in [0.15, 0.2) is 6.17 Å². The number of benzene rings is 1. The van der Waals surface area contributed by atoms with E-state index < -0.39 is 36.0 Å². The average Bonchev–Trinajstić information content (AvgIpc) is 3.02. The Hall–Kier alpha value is -3.38. The molecule has 0 spiro atoms. The number of nitrogens with zero attached hydrogens (tertiary/aromatic N) is 1. The van der Waals surface area contributed by atoms with Crippen molar-refractivity contribution in [3.05, 3.63) is 29.5 Å². The second-order valence-corrected chi connectivity index (χ2v) is 7.28. The van der Waals surface area contributed by atoms with Crippen LogP contribution < -0.4 is 20.5 Å². The van der Waals surface area contributed by atoms with E-state index in [0.717, 1.165) is 0 Å². The lowest BCUT2D eigenvalue weighted by atomic mass is 9.97. The van der Waals surface area contributed by atoms with Gasteiger partial charge in [-0.2, -0.15) is 0 Å². The minimum atomic E-state index is -1.57. The Labute approximate surface area is 178 Å². The van der Waals surface area contributed by atoms with Crippen molar-refractivity contribution in [2.45, 2.75) is 38.6 Å². The molecule has 2 amide bonds. The van der Waals surface area contributed by atoms with Crippen molar-refractivity contribution >= 4 is 22.6 Å². The van der Waals surface area contributed by atoms with Gasteiger partial charge in [-0.05, 0) is 25.5 Å². The summed E-state index contributed by atoms with van der Waals surface area (Å²) < 4.78 is 25.2. The van der Waals surface area contributed by atoms with Gasteiger partial charge in [-0.1, -0.05) is 18.8 Å². The van der Waals surface area contributed by atoms with Crippen LogP contribution in [0.5, 0.6) is 11.6 Å². The third kappa shape index (κ3) is 4.54. The summed E-state index contributed by atoms with van der Waals surface area (Å²) >= 11 is 0. The van der Waals surface area contributed by atoms with Gasteiger partial charge in [-0.25, -0.2) is 9.37 Å². The number of carbonyl (C=O) groups is 2. The summed E-state index contributed by atoms with van der Waals surface area (Å²) in [5, 5.41) is 13.1. The summed E-state index contributed by atoms with van der Waals surface area (Å²) in [6.45, 7) is 3.35. The van der Waals surface area contributed by atoms with Gasteiger partial charge in [-0.3, -0.25) is 9.59 Å². The fraction of sp³-hybridized carbons (Fsp3) is 0.409. The van der Waals surface area contributed by atoms with Gasteiger partial charge in [0.25, 0.3) is 11.8 Å². The number of nitrogens with two attached hydrogens (primary N) is 1. The van der Waals surface area contributed by atoms with E-state index in [-0.39, 0.29) is 23.8 Å². The number of ether oxygens (including phenoxy) is 2. The molecule has 8 nitrogen and oxygen atoms in total. The highest BCUT2D eigenvalue weighted by Gasteiger charge is 2.41. The summed E-state index contributed by atoms with van der Waals surface area (Å²) in [5.74, 6) is 4.09. The number of aliphatic hydroxyl groups excluding tert-OH is 1. The number of amides is 2. The van der Waals surface area contributed by atoms with Gasteiger partial charge < -0.3 is 25.6 Å². The second-order valence-electron chi connectivity index (χ2n) is 7.28. The molecular weight excluding hydrogens is 405 g/mol. The Morgan fingerprint density at radius 1 is 1.42 bits per heavy atom. The minimum absolute atomic E-state index is 0.0192. The van der Waals surface area contributed by atoms with E-state index in [1.807, 2.05) is 6.92 Å². The Morgan fingerprint density at radius 3 is 2.77 bits per heavy atom. The van der Waals surface area contributed by atoms with E-state index in [9.17, 15) is 19.1 Å². The molecule has 4 atom stereocenters. The Morgan fingerprint density at radius 2 is 2.16 bits per heavy atom. The van der Waals surface area contributed by atoms with Crippen LogP contribution >= 0.6 is 0 Å². The summed E-state index contributed by atoms with van der Waals surface area (Å²) in [6, 6.07) is 2.60. The molecule has 4 N–H and O–H groups in total. The predicted molar refractivity (Wildman–Crippen MR) is 111 cm³/mol. The van der Waals surface area contributed by atoms with Crippen molar-refractivity contribution in [1.29, 1.82) is 0 Å². The lowest BCUT2D eigenvalue weighted by Crippen LogP contribution is -2.34. The smallest absolute Gasteiger partial charge is 0.255 e. The molecule has 164 valence electrons. The maximum atomic E-state index is 14.1. The molecule has 1 aliphatic rings. The molecule has 2 heterocycles. The van der Waals surface area contributed by atoms with E-state index in [2.05, 4.69) is 22.1 Å². The van der Waals surface area contributed by atoms with Crippen LogP contribution in [0.3, 0.4) is 0 Å². The van der Waals surface area contributed by atoms with E-state index in [0.29, 0.717) is 22.8 Å². The molecule has 1 aliphatic heterocycles. The van der Waals surface area contributed by atoms with Crippen molar-refractivity contribution in [2.75, 3.05) is 13.7 Å². The van der Waals surface area contributed by atoms with Gasteiger partial charge >= 0.3 is 0 Å². The molecular formula is C22H24FN3O5. The summed E-state index contributed by atoms with van der Waals surface area (Å²) in [7, 11) is 1.40. The fourth-order valence-corrected chi connectivity index (χ4v) is 3.59. The molecule has 0 radical (unpaired) electrons. The van der Waals surface area contributed by atoms with Crippen LogP contribution in [-0.2, 0) is 4.79 Å². The molecule has 1 fully saturated rings. The number of hydrogen-bond acceptors (Lipinski definition) is 6. The number of rotatable bonds is 6. The zero-order valence-electron chi connectivity index (χ0n) is 17.4. The molecule has 1 saturated heterocycles. The Kier molecular flexibility index (Phi) is 6.61. The summed E-state index contributed by atoms with van der Waals surface area (Å²) in [4.78, 5) is 27.8. The number of aliphatic hydroxyl groups is 1. The topological polar surface area (TPSA) is 124 Å². The van der Waals surface area contributed by atoms with Crippen LogP contribution in [0.2, 0.25) is 0 Å². The number of nitrogens with one attached hydrogen (secondary N) is 1. The van der Waals surface area contributed by atoms with Crippen LogP contribution in [0, 0.1) is 17.8 Å². The molecule has 3 rings (SSSR count). The largest absolute Gasteiger partial charge is 0.496 e. The highest BCUT2D eigenvalue weighted by Crippen LogP contribution is 2.33. The first kappa shape index (κ1) is 22.3. The Balaban J connectivity index is 2.04. The number of alkyl halides is 1. The van der Waals surface area contributed by atoms with Gasteiger partial charge in [-0.15, -0.1) is 0 Å². The van der Waals surface area contributed by atoms with E-state index in [4.69, 9.17) is 15.2 Å². The predicted octanol–water partition coefficient (Wildman–Crippen LogP) is 1.32. The number of halogens is 1. The third-order valence-corrected chi connectivity index (χ3v) is 5.19. The lowest BCUT2D eigenvalue weighted by Gasteiger charge is -2.19. The number of hydrogen-bond donors (Lipinski definition) is 3. The normalized spacial score (nSPS) is 21.2. The molecule has 1 aromatic carbocycles. The SMILES string of the molecule is CC[C@@H]1[C@H](F)C(=O)N[C@@H]1COc1ncc(C#C[C@H](C)O)c2cc(C(N)=O)c(OC)cc12. The number of pyridine rings is 1. The van der Waals surface area contributed by atoms with Crippen molar-refractivity contribution in [1.82, 2.24) is 10.3 Å². The third-order valence-electron chi connectivity index (χ3n) is 5.19. The van der Waals surface area contributed by atoms with Gasteiger partial charge in [0.1, 0.15) is 18.5 Å². The van der Waals surface area contributed by atoms with Gasteiger partial charge in [0, 0.05) is 22.9 Å². The molecule has 0 saturated carbocycles. The quantitative estimate of drug-likeness (QED) is 0.595. The summed E-state index contributed by atoms with van der Waals surface area (Å²) in [5.41, 5.74) is 6.08. The van der Waals surface area contributed by atoms with Crippen LogP contribution in [0.25, 0.3) is 10.8 Å². The zero-order chi connectivity index (χ0) is 22.7. The average molecular weight is 429 g/mol. The molecule has 31 heavy (non-hydrogen) atoms. The minimum Gasteiger partial charge on any atom is -0.496 e. The van der Waals surface area contributed by atoms with E-state index in [1.54, 1.807) is 6.07 Å². The van der Waals surface area contributed by atoms with Crippen LogP contribution in [0.15, 0.2) is 18.3 Å². The molecule has 1 aromatic heterocycles. The van der Waals surface area contributed by atoms with Crippen molar-refractivity contribution < 1.29 is 28.6 Å². The van der Waals surface area contributed by atoms with Gasteiger partial charge in [0.05, 0.1) is 24.3 Å². The second kappa shape index (κ2) is 9.18. The number of carbonyl (C=O) groups excluding carboxylic acids is 2. The van der Waals surface area contributed by atoms with Crippen molar-refractivity contribution in [3.63, 3.8) is 0 Å². The fourth-order valence-electron chi connectivity index (χ4n) is 3.59. The Bertz CT molecular complexity index is 1080. The molecule has 0 aliphatic carbocycles. The maximum Gasteiger partial charge on any atom is 0.255 e. The van der Waals surface area contributed by atoms with E-state index in [1.165, 1.54) is 26.3 Å². The number of fused-ring (bicyclic) bond motifs is 1. The summed E-state index contributed by atoms with van der Waals surface area (Å²) in [6.07, 6.45) is -0.497. The highest BCUT2D eigenvalue weighted by atomic mass is 19.1. The number of aromatic nitrogens is 1. The first-order valence-corrected chi connectivity index (χ1v) is 9.84. The zero-order valence-corrected chi connectivity index (χ0v) is 17.4. The van der Waals surface area contributed by atoms with Crippen LogP contribution in [0.1, 0.15) is 36.2 Å².